The van der Waals surface area contributed by atoms with E-state index in [1.807, 2.05) is 0 Å². The molecule has 2 aliphatic carbocycles. The highest BCUT2D eigenvalue weighted by atomic mass is 16.5. The molecule has 0 spiro atoms. The Labute approximate surface area is 104 Å². The third kappa shape index (κ3) is 2.55. The second kappa shape index (κ2) is 4.83. The monoisotopic (exact) mass is 255 g/mol. The van der Waals surface area contributed by atoms with Crippen molar-refractivity contribution in [3.05, 3.63) is 0 Å². The van der Waals surface area contributed by atoms with E-state index in [0.717, 1.165) is 19.3 Å². The van der Waals surface area contributed by atoms with Gasteiger partial charge in [0.2, 0.25) is 6.04 Å². The van der Waals surface area contributed by atoms with Crippen LogP contribution in [0.4, 0.5) is 0 Å². The summed E-state index contributed by atoms with van der Waals surface area (Å²) in [7, 11) is 0. The Morgan fingerprint density at radius 2 is 2.11 bits per heavy atom. The van der Waals surface area contributed by atoms with Crippen molar-refractivity contribution in [1.29, 1.82) is 5.41 Å². The molecule has 0 aromatic rings. The number of hydrogen-bond donors (Lipinski definition) is 4. The van der Waals surface area contributed by atoms with Crippen LogP contribution in [0.15, 0.2) is 0 Å². The molecule has 0 aliphatic heterocycles. The second-order valence-corrected chi connectivity index (χ2v) is 4.98. The lowest BCUT2D eigenvalue weighted by molar-refractivity contribution is -0.160. The molecule has 2 fully saturated rings. The number of carboxylic acid groups (broad SMARTS) is 1. The lowest BCUT2D eigenvalue weighted by atomic mass is 9.98. The summed E-state index contributed by atoms with van der Waals surface area (Å²) in [6, 6.07) is -1.60. The van der Waals surface area contributed by atoms with Gasteiger partial charge in [0.25, 0.3) is 0 Å². The van der Waals surface area contributed by atoms with Gasteiger partial charge in [-0.25, -0.2) is 9.59 Å². The van der Waals surface area contributed by atoms with Crippen LogP contribution in [0.25, 0.3) is 0 Å². The van der Waals surface area contributed by atoms with Crippen molar-refractivity contribution < 1.29 is 19.4 Å². The SMILES string of the molecule is N=C(N)NC(C(=O)O)C(=O)OC1CC2CCC1C2. The minimum Gasteiger partial charge on any atom is -0.479 e. The van der Waals surface area contributed by atoms with E-state index < -0.39 is 23.9 Å². The van der Waals surface area contributed by atoms with E-state index in [0.29, 0.717) is 11.8 Å². The quantitative estimate of drug-likeness (QED) is 0.235. The summed E-state index contributed by atoms with van der Waals surface area (Å²) in [5.74, 6) is -1.84. The number of rotatable bonds is 4. The predicted molar refractivity (Wildman–Crippen MR) is 61.8 cm³/mol. The van der Waals surface area contributed by atoms with E-state index in [2.05, 4.69) is 5.32 Å². The topological polar surface area (TPSA) is 126 Å². The molecule has 0 amide bonds. The fraction of sp³-hybridized carbons (Fsp3) is 0.727. The number of esters is 1. The molecule has 18 heavy (non-hydrogen) atoms. The van der Waals surface area contributed by atoms with E-state index in [-0.39, 0.29) is 6.10 Å². The van der Waals surface area contributed by atoms with E-state index in [4.69, 9.17) is 21.0 Å². The van der Waals surface area contributed by atoms with Crippen LogP contribution in [0.1, 0.15) is 25.7 Å². The first-order valence-electron chi connectivity index (χ1n) is 6.01. The second-order valence-electron chi connectivity index (χ2n) is 4.98. The number of nitrogens with one attached hydrogen (secondary N) is 2. The fourth-order valence-electron chi connectivity index (χ4n) is 2.92. The number of carboxylic acids is 1. The first-order valence-corrected chi connectivity index (χ1v) is 6.01. The van der Waals surface area contributed by atoms with Gasteiger partial charge in [-0.3, -0.25) is 5.41 Å². The van der Waals surface area contributed by atoms with Gasteiger partial charge in [-0.15, -0.1) is 0 Å². The Morgan fingerprint density at radius 3 is 2.56 bits per heavy atom. The van der Waals surface area contributed by atoms with E-state index in [9.17, 15) is 9.59 Å². The number of fused-ring (bicyclic) bond motifs is 2. The minimum absolute atomic E-state index is 0.174. The van der Waals surface area contributed by atoms with Crippen LogP contribution in [0.3, 0.4) is 0 Å². The number of hydrogen-bond acceptors (Lipinski definition) is 4. The molecule has 7 heteroatoms. The maximum Gasteiger partial charge on any atom is 0.340 e. The number of guanidine groups is 1. The Morgan fingerprint density at radius 1 is 1.39 bits per heavy atom. The van der Waals surface area contributed by atoms with Crippen molar-refractivity contribution in [3.8, 4) is 0 Å². The van der Waals surface area contributed by atoms with Crippen LogP contribution in [0.2, 0.25) is 0 Å². The highest BCUT2D eigenvalue weighted by Crippen LogP contribution is 2.45. The van der Waals surface area contributed by atoms with Crippen LogP contribution in [-0.2, 0) is 14.3 Å². The van der Waals surface area contributed by atoms with Gasteiger partial charge in [0, 0.05) is 0 Å². The molecule has 100 valence electrons. The maximum atomic E-state index is 11.7. The van der Waals surface area contributed by atoms with Crippen molar-refractivity contribution in [3.63, 3.8) is 0 Å². The Balaban J connectivity index is 1.93. The fourth-order valence-corrected chi connectivity index (χ4v) is 2.92. The lowest BCUT2D eigenvalue weighted by Crippen LogP contribution is -2.50. The average Bonchev–Trinajstić information content (AvgIpc) is 2.86. The van der Waals surface area contributed by atoms with E-state index >= 15 is 0 Å². The van der Waals surface area contributed by atoms with Crippen LogP contribution in [0, 0.1) is 17.2 Å². The van der Waals surface area contributed by atoms with Gasteiger partial charge in [0.1, 0.15) is 6.10 Å². The zero-order chi connectivity index (χ0) is 13.3. The first-order chi connectivity index (χ1) is 8.47. The van der Waals surface area contributed by atoms with Crippen LogP contribution in [-0.4, -0.2) is 35.2 Å². The van der Waals surface area contributed by atoms with Gasteiger partial charge in [-0.05, 0) is 37.5 Å². The van der Waals surface area contributed by atoms with Crippen molar-refractivity contribution in [1.82, 2.24) is 5.32 Å². The number of ether oxygens (including phenoxy) is 1. The normalized spacial score (nSPS) is 30.8. The lowest BCUT2D eigenvalue weighted by Gasteiger charge is -2.23. The van der Waals surface area contributed by atoms with Gasteiger partial charge in [-0.1, -0.05) is 0 Å². The smallest absolute Gasteiger partial charge is 0.340 e. The highest BCUT2D eigenvalue weighted by Gasteiger charge is 2.43. The molecule has 2 rings (SSSR count). The number of nitrogens with two attached hydrogens (primary N) is 1. The standard InChI is InChI=1S/C11H17N3O4/c12-11(13)14-8(9(15)16)10(17)18-7-4-5-1-2-6(7)3-5/h5-8H,1-4H2,(H,15,16)(H4,12,13,14). The molecule has 5 N–H and O–H groups in total. The molecular weight excluding hydrogens is 238 g/mol. The number of carbonyl (C=O) groups is 2. The molecule has 2 bridgehead atoms. The van der Waals surface area contributed by atoms with Crippen LogP contribution < -0.4 is 11.1 Å². The number of carbonyl (C=O) groups excluding carboxylic acids is 1. The average molecular weight is 255 g/mol. The van der Waals surface area contributed by atoms with Gasteiger partial charge in [0.15, 0.2) is 5.96 Å². The van der Waals surface area contributed by atoms with E-state index in [1.54, 1.807) is 0 Å². The minimum atomic E-state index is -1.60. The molecule has 7 nitrogen and oxygen atoms in total. The molecule has 4 atom stereocenters. The molecule has 0 radical (unpaired) electrons. The number of aliphatic carboxylic acids is 1. The van der Waals surface area contributed by atoms with Crippen molar-refractivity contribution in [2.24, 2.45) is 17.6 Å². The largest absolute Gasteiger partial charge is 0.479 e. The summed E-state index contributed by atoms with van der Waals surface area (Å²) in [6.07, 6.45) is 3.93. The predicted octanol–water partition coefficient (Wildman–Crippen LogP) is -0.346. The molecule has 0 aromatic carbocycles. The third-order valence-corrected chi connectivity index (χ3v) is 3.72. The van der Waals surface area contributed by atoms with Gasteiger partial charge in [0.05, 0.1) is 0 Å². The summed E-state index contributed by atoms with van der Waals surface area (Å²) < 4.78 is 5.24. The van der Waals surface area contributed by atoms with Crippen molar-refractivity contribution in [2.75, 3.05) is 0 Å². The first kappa shape index (κ1) is 12.7. The van der Waals surface area contributed by atoms with Gasteiger partial charge in [-0.2, -0.15) is 0 Å². The molecular formula is C11H17N3O4. The molecule has 2 aliphatic rings. The Hall–Kier alpha value is -1.79. The maximum absolute atomic E-state index is 11.7. The molecule has 0 aromatic heterocycles. The molecule has 0 saturated heterocycles. The summed E-state index contributed by atoms with van der Waals surface area (Å²) in [4.78, 5) is 22.6. The Kier molecular flexibility index (Phi) is 3.40. The Bertz CT molecular complexity index is 384. The summed E-state index contributed by atoms with van der Waals surface area (Å²) in [6.45, 7) is 0. The van der Waals surface area contributed by atoms with Crippen LogP contribution >= 0.6 is 0 Å². The van der Waals surface area contributed by atoms with Crippen LogP contribution in [0.5, 0.6) is 0 Å². The van der Waals surface area contributed by atoms with E-state index in [1.165, 1.54) is 6.42 Å². The zero-order valence-electron chi connectivity index (χ0n) is 9.89. The van der Waals surface area contributed by atoms with Crippen molar-refractivity contribution in [2.45, 2.75) is 37.8 Å². The van der Waals surface area contributed by atoms with Gasteiger partial charge < -0.3 is 20.9 Å². The highest BCUT2D eigenvalue weighted by molar-refractivity contribution is 6.01. The molecule has 2 saturated carbocycles. The van der Waals surface area contributed by atoms with Gasteiger partial charge >= 0.3 is 11.9 Å². The third-order valence-electron chi connectivity index (χ3n) is 3.72. The summed E-state index contributed by atoms with van der Waals surface area (Å²) in [5, 5.41) is 17.9. The molecule has 4 unspecified atom stereocenters. The summed E-state index contributed by atoms with van der Waals surface area (Å²) >= 11 is 0. The van der Waals surface area contributed by atoms with Crippen molar-refractivity contribution >= 4 is 17.9 Å². The summed E-state index contributed by atoms with van der Waals surface area (Å²) in [5.41, 5.74) is 5.04. The zero-order valence-corrected chi connectivity index (χ0v) is 9.89. The molecule has 0 heterocycles.